The third-order valence-corrected chi connectivity index (χ3v) is 3.02. The van der Waals surface area contributed by atoms with E-state index in [-0.39, 0.29) is 30.3 Å². The first-order valence-electron chi connectivity index (χ1n) is 6.62. The van der Waals surface area contributed by atoms with Gasteiger partial charge in [-0.15, -0.1) is 12.4 Å². The highest BCUT2D eigenvalue weighted by molar-refractivity contribution is 5.99. The van der Waals surface area contributed by atoms with E-state index in [2.05, 4.69) is 10.6 Å². The van der Waals surface area contributed by atoms with Gasteiger partial charge in [-0.1, -0.05) is 0 Å². The summed E-state index contributed by atoms with van der Waals surface area (Å²) in [6.45, 7) is 3.54. The van der Waals surface area contributed by atoms with Crippen molar-refractivity contribution in [3.63, 3.8) is 0 Å². The first-order chi connectivity index (χ1) is 9.45. The van der Waals surface area contributed by atoms with Gasteiger partial charge >= 0.3 is 0 Å². The topological polar surface area (TPSA) is 93.5 Å². The van der Waals surface area contributed by atoms with Crippen LogP contribution >= 0.6 is 12.4 Å². The Balaban J connectivity index is 0.00000220. The molecule has 2 rings (SSSR count). The third kappa shape index (κ3) is 4.61. The van der Waals surface area contributed by atoms with E-state index in [0.29, 0.717) is 30.0 Å². The molecule has 6 nitrogen and oxygen atoms in total. The van der Waals surface area contributed by atoms with Gasteiger partial charge in [-0.05, 0) is 38.5 Å². The van der Waals surface area contributed by atoms with E-state index in [1.54, 1.807) is 25.1 Å². The fourth-order valence-corrected chi connectivity index (χ4v) is 1.87. The van der Waals surface area contributed by atoms with Gasteiger partial charge in [0.25, 0.3) is 5.91 Å². The van der Waals surface area contributed by atoms with Gasteiger partial charge < -0.3 is 21.1 Å². The summed E-state index contributed by atoms with van der Waals surface area (Å²) < 4.78 is 5.44. The first-order valence-corrected chi connectivity index (χ1v) is 6.62. The molecule has 2 atom stereocenters. The van der Waals surface area contributed by atoms with Crippen LogP contribution in [0.3, 0.4) is 0 Å². The van der Waals surface area contributed by atoms with Crippen molar-refractivity contribution < 1.29 is 14.3 Å². The summed E-state index contributed by atoms with van der Waals surface area (Å²) in [4.78, 5) is 23.2. The smallest absolute Gasteiger partial charge is 0.265 e. The fraction of sp³-hybridized carbons (Fsp3) is 0.429. The molecule has 0 saturated heterocycles. The van der Waals surface area contributed by atoms with Gasteiger partial charge in [-0.25, -0.2) is 0 Å². The molecule has 0 aliphatic carbocycles. The zero-order valence-electron chi connectivity index (χ0n) is 12.0. The van der Waals surface area contributed by atoms with Crippen molar-refractivity contribution in [2.45, 2.75) is 38.8 Å². The molecule has 0 saturated carbocycles. The van der Waals surface area contributed by atoms with Crippen molar-refractivity contribution in [2.75, 3.05) is 10.6 Å². The number of carbonyl (C=O) groups is 2. The zero-order valence-corrected chi connectivity index (χ0v) is 12.8. The van der Waals surface area contributed by atoms with Crippen LogP contribution in [-0.4, -0.2) is 24.0 Å². The van der Waals surface area contributed by atoms with E-state index in [9.17, 15) is 9.59 Å². The largest absolute Gasteiger partial charge is 0.479 e. The monoisotopic (exact) mass is 313 g/mol. The highest BCUT2D eigenvalue weighted by atomic mass is 35.5. The second-order valence-electron chi connectivity index (χ2n) is 5.02. The normalized spacial score (nSPS) is 17.7. The lowest BCUT2D eigenvalue weighted by Crippen LogP contribution is -2.34. The summed E-state index contributed by atoms with van der Waals surface area (Å²) >= 11 is 0. The fourth-order valence-electron chi connectivity index (χ4n) is 1.87. The van der Waals surface area contributed by atoms with Crippen LogP contribution in [0.1, 0.15) is 26.7 Å². The number of hydrogen-bond acceptors (Lipinski definition) is 4. The van der Waals surface area contributed by atoms with E-state index < -0.39 is 6.10 Å². The number of halogens is 1. The Morgan fingerprint density at radius 3 is 2.90 bits per heavy atom. The van der Waals surface area contributed by atoms with Crippen molar-refractivity contribution >= 4 is 35.6 Å². The molecule has 1 aliphatic heterocycles. The average molecular weight is 314 g/mol. The lowest BCUT2D eigenvalue weighted by molar-refractivity contribution is -0.122. The van der Waals surface area contributed by atoms with Crippen LogP contribution in [0.15, 0.2) is 18.2 Å². The first kappa shape index (κ1) is 17.3. The molecule has 0 spiro atoms. The number of rotatable bonds is 4. The maximum absolute atomic E-state index is 11.7. The van der Waals surface area contributed by atoms with Gasteiger partial charge in [0.2, 0.25) is 5.91 Å². The molecule has 0 bridgehead atoms. The van der Waals surface area contributed by atoms with Gasteiger partial charge in [0.15, 0.2) is 6.10 Å². The SMILES string of the molecule is CC(N)CCC(=O)Nc1ccc2c(c1)NC(=O)C(C)O2.Cl. The quantitative estimate of drug-likeness (QED) is 0.791. The van der Waals surface area contributed by atoms with E-state index in [0.717, 1.165) is 0 Å². The van der Waals surface area contributed by atoms with Crippen LogP contribution in [0.25, 0.3) is 0 Å². The van der Waals surface area contributed by atoms with Crippen molar-refractivity contribution in [3.8, 4) is 5.75 Å². The number of nitrogens with one attached hydrogen (secondary N) is 2. The van der Waals surface area contributed by atoms with Gasteiger partial charge in [0.05, 0.1) is 5.69 Å². The van der Waals surface area contributed by atoms with Crippen molar-refractivity contribution in [2.24, 2.45) is 5.73 Å². The molecule has 1 heterocycles. The Labute approximate surface area is 129 Å². The van der Waals surface area contributed by atoms with Crippen LogP contribution in [0.2, 0.25) is 0 Å². The predicted molar refractivity (Wildman–Crippen MR) is 83.9 cm³/mol. The second-order valence-corrected chi connectivity index (χ2v) is 5.02. The molecule has 0 aromatic heterocycles. The Morgan fingerprint density at radius 2 is 2.24 bits per heavy atom. The Hall–Kier alpha value is -1.79. The highest BCUT2D eigenvalue weighted by Gasteiger charge is 2.23. The number of ether oxygens (including phenoxy) is 1. The minimum Gasteiger partial charge on any atom is -0.479 e. The minimum atomic E-state index is -0.506. The second kappa shape index (κ2) is 7.28. The summed E-state index contributed by atoms with van der Waals surface area (Å²) in [7, 11) is 0. The van der Waals surface area contributed by atoms with E-state index >= 15 is 0 Å². The van der Waals surface area contributed by atoms with Crippen molar-refractivity contribution in [3.05, 3.63) is 18.2 Å². The molecule has 1 aromatic carbocycles. The van der Waals surface area contributed by atoms with E-state index in [1.165, 1.54) is 0 Å². The molecule has 0 radical (unpaired) electrons. The van der Waals surface area contributed by atoms with Gasteiger partial charge in [-0.3, -0.25) is 9.59 Å². The highest BCUT2D eigenvalue weighted by Crippen LogP contribution is 2.32. The number of anilines is 2. The number of fused-ring (bicyclic) bond motifs is 1. The molecular weight excluding hydrogens is 294 g/mol. The number of carbonyl (C=O) groups excluding carboxylic acids is 2. The van der Waals surface area contributed by atoms with Crippen LogP contribution in [-0.2, 0) is 9.59 Å². The van der Waals surface area contributed by atoms with Gasteiger partial charge in [0, 0.05) is 18.2 Å². The maximum Gasteiger partial charge on any atom is 0.265 e. The van der Waals surface area contributed by atoms with Crippen molar-refractivity contribution in [1.29, 1.82) is 0 Å². The molecule has 2 amide bonds. The number of nitrogens with two attached hydrogens (primary N) is 1. The summed E-state index contributed by atoms with van der Waals surface area (Å²) in [5.74, 6) is 0.308. The number of benzene rings is 1. The molecule has 7 heteroatoms. The average Bonchev–Trinajstić information content (AvgIpc) is 2.38. The van der Waals surface area contributed by atoms with Crippen LogP contribution < -0.4 is 21.1 Å². The standard InChI is InChI=1S/C14H19N3O3.ClH/c1-8(15)3-6-13(18)16-10-4-5-12-11(7-10)17-14(19)9(2)20-12;/h4-5,7-9H,3,6,15H2,1-2H3,(H,16,18)(H,17,19);1H. The molecule has 4 N–H and O–H groups in total. The van der Waals surface area contributed by atoms with Crippen molar-refractivity contribution in [1.82, 2.24) is 0 Å². The summed E-state index contributed by atoms with van der Waals surface area (Å²) in [6.07, 6.45) is 0.497. The van der Waals surface area contributed by atoms with Crippen LogP contribution in [0.5, 0.6) is 5.75 Å². The van der Waals surface area contributed by atoms with Crippen LogP contribution in [0.4, 0.5) is 11.4 Å². The Morgan fingerprint density at radius 1 is 1.52 bits per heavy atom. The molecule has 21 heavy (non-hydrogen) atoms. The molecule has 0 fully saturated rings. The van der Waals surface area contributed by atoms with E-state index in [4.69, 9.17) is 10.5 Å². The number of amides is 2. The number of hydrogen-bond donors (Lipinski definition) is 3. The third-order valence-electron chi connectivity index (χ3n) is 3.02. The lowest BCUT2D eigenvalue weighted by atomic mass is 10.1. The summed E-state index contributed by atoms with van der Waals surface area (Å²) in [5.41, 5.74) is 6.80. The summed E-state index contributed by atoms with van der Waals surface area (Å²) in [6, 6.07) is 5.15. The van der Waals surface area contributed by atoms with Crippen LogP contribution in [0, 0.1) is 0 Å². The Kier molecular flexibility index (Phi) is 5.99. The molecule has 116 valence electrons. The molecule has 1 aliphatic rings. The molecule has 2 unspecified atom stereocenters. The van der Waals surface area contributed by atoms with E-state index in [1.807, 2.05) is 6.92 Å². The maximum atomic E-state index is 11.7. The Bertz CT molecular complexity index is 534. The molecular formula is C14H20ClN3O3. The molecule has 1 aromatic rings. The summed E-state index contributed by atoms with van der Waals surface area (Å²) in [5, 5.41) is 5.51. The zero-order chi connectivity index (χ0) is 14.7. The lowest BCUT2D eigenvalue weighted by Gasteiger charge is -2.23. The minimum absolute atomic E-state index is 0. The van der Waals surface area contributed by atoms with Gasteiger partial charge in [0.1, 0.15) is 5.75 Å². The van der Waals surface area contributed by atoms with Gasteiger partial charge in [-0.2, -0.15) is 0 Å². The predicted octanol–water partition coefficient (Wildman–Crippen LogP) is 1.89.